The zero-order chi connectivity index (χ0) is 37.6. The molecule has 0 heterocycles. The van der Waals surface area contributed by atoms with E-state index in [1.807, 2.05) is 0 Å². The van der Waals surface area contributed by atoms with E-state index < -0.39 is 0 Å². The van der Waals surface area contributed by atoms with Gasteiger partial charge in [0.25, 0.3) is 0 Å². The van der Waals surface area contributed by atoms with Gasteiger partial charge in [-0.1, -0.05) is 188 Å². The molecule has 5 heteroatoms. The number of hydrogen-bond acceptors (Lipinski definition) is 4. The van der Waals surface area contributed by atoms with E-state index in [4.69, 9.17) is 4.74 Å². The molecule has 51 heavy (non-hydrogen) atoms. The summed E-state index contributed by atoms with van der Waals surface area (Å²) in [6.45, 7) is 11.5. The number of hydrogen-bond donors (Lipinski definition) is 0. The molecular weight excluding hydrogens is 629 g/mol. The first-order chi connectivity index (χ1) is 24.9. The van der Waals surface area contributed by atoms with Crippen LogP contribution in [0.5, 0.6) is 0 Å². The van der Waals surface area contributed by atoms with Crippen LogP contribution in [-0.4, -0.2) is 61.5 Å². The number of rotatable bonds is 40. The monoisotopic (exact) mass is 721 g/mol. The molecule has 0 saturated carbocycles. The van der Waals surface area contributed by atoms with Gasteiger partial charge in [0.1, 0.15) is 0 Å². The zero-order valence-electron chi connectivity index (χ0n) is 35.7. The minimum absolute atomic E-state index is 0.00813. The van der Waals surface area contributed by atoms with E-state index in [-0.39, 0.29) is 5.97 Å². The molecule has 0 aliphatic heterocycles. The predicted molar refractivity (Wildman–Crippen MR) is 224 cm³/mol. The van der Waals surface area contributed by atoms with Crippen LogP contribution in [0.25, 0.3) is 0 Å². The van der Waals surface area contributed by atoms with Crippen LogP contribution in [0.4, 0.5) is 0 Å². The Morgan fingerprint density at radius 2 is 0.863 bits per heavy atom. The topological polar surface area (TPSA) is 49.9 Å². The third-order valence-electron chi connectivity index (χ3n) is 11.0. The van der Waals surface area contributed by atoms with Crippen LogP contribution in [0.1, 0.15) is 240 Å². The van der Waals surface area contributed by atoms with Crippen molar-refractivity contribution in [1.29, 1.82) is 0 Å². The summed E-state index contributed by atoms with van der Waals surface area (Å²) in [4.78, 5) is 30.6. The van der Waals surface area contributed by atoms with Crippen LogP contribution in [0.15, 0.2) is 0 Å². The van der Waals surface area contributed by atoms with Crippen molar-refractivity contribution in [2.75, 3.05) is 33.8 Å². The molecule has 0 spiro atoms. The molecule has 0 aliphatic rings. The van der Waals surface area contributed by atoms with Crippen molar-refractivity contribution in [3.05, 3.63) is 0 Å². The van der Waals surface area contributed by atoms with Gasteiger partial charge in [0, 0.05) is 32.0 Å². The van der Waals surface area contributed by atoms with Gasteiger partial charge in [-0.05, 0) is 58.5 Å². The van der Waals surface area contributed by atoms with Crippen molar-refractivity contribution in [3.63, 3.8) is 0 Å². The van der Waals surface area contributed by atoms with Gasteiger partial charge >= 0.3 is 5.97 Å². The highest BCUT2D eigenvalue weighted by atomic mass is 16.5. The van der Waals surface area contributed by atoms with Crippen molar-refractivity contribution in [2.24, 2.45) is 5.92 Å². The number of esters is 1. The minimum Gasteiger partial charge on any atom is -0.465 e. The molecule has 0 rings (SSSR count). The Balaban J connectivity index is 4.78. The molecule has 0 fully saturated rings. The van der Waals surface area contributed by atoms with E-state index in [1.54, 1.807) is 0 Å². The summed E-state index contributed by atoms with van der Waals surface area (Å²) in [5, 5.41) is 0. The van der Waals surface area contributed by atoms with Gasteiger partial charge in [0.15, 0.2) is 0 Å². The summed E-state index contributed by atoms with van der Waals surface area (Å²) in [5.41, 5.74) is 0. The number of nitrogens with zero attached hydrogens (tertiary/aromatic N) is 2. The van der Waals surface area contributed by atoms with Crippen molar-refractivity contribution in [3.8, 4) is 0 Å². The molecule has 0 aromatic carbocycles. The second kappa shape index (κ2) is 38.6. The minimum atomic E-state index is 0.00813. The maximum Gasteiger partial charge on any atom is 0.305 e. The maximum atomic E-state index is 13.7. The lowest BCUT2D eigenvalue weighted by Gasteiger charge is -2.33. The molecule has 0 radical (unpaired) electrons. The number of ether oxygens (including phenoxy) is 1. The summed E-state index contributed by atoms with van der Waals surface area (Å²) >= 11 is 0. The quantitative estimate of drug-likeness (QED) is 0.0467. The molecule has 5 nitrogen and oxygen atoms in total. The second-order valence-electron chi connectivity index (χ2n) is 16.4. The van der Waals surface area contributed by atoms with Gasteiger partial charge in [0.05, 0.1) is 6.61 Å². The van der Waals surface area contributed by atoms with Gasteiger partial charge in [-0.15, -0.1) is 0 Å². The Morgan fingerprint density at radius 3 is 1.37 bits per heavy atom. The van der Waals surface area contributed by atoms with Gasteiger partial charge in [0.2, 0.25) is 5.91 Å². The van der Waals surface area contributed by atoms with Crippen molar-refractivity contribution in [1.82, 2.24) is 9.80 Å². The Morgan fingerprint density at radius 1 is 0.451 bits per heavy atom. The normalized spacial score (nSPS) is 12.8. The average molecular weight is 721 g/mol. The lowest BCUT2D eigenvalue weighted by Crippen LogP contribution is -2.42. The van der Waals surface area contributed by atoms with Crippen LogP contribution in [0, 0.1) is 5.92 Å². The van der Waals surface area contributed by atoms with Crippen LogP contribution in [-0.2, 0) is 14.3 Å². The van der Waals surface area contributed by atoms with Crippen molar-refractivity contribution in [2.45, 2.75) is 246 Å². The summed E-state index contributed by atoms with van der Waals surface area (Å²) in [6, 6.07) is 0.391. The highest BCUT2D eigenvalue weighted by Gasteiger charge is 2.23. The Hall–Kier alpha value is -1.10. The highest BCUT2D eigenvalue weighted by molar-refractivity contribution is 5.76. The molecule has 1 amide bonds. The largest absolute Gasteiger partial charge is 0.465 e. The van der Waals surface area contributed by atoms with Gasteiger partial charge in [-0.2, -0.15) is 0 Å². The Bertz CT molecular complexity index is 742. The Labute approximate surface area is 320 Å². The molecule has 0 N–H and O–H groups in total. The molecule has 0 aromatic heterocycles. The first-order valence-corrected chi connectivity index (χ1v) is 23.0. The molecule has 0 saturated heterocycles. The van der Waals surface area contributed by atoms with Crippen LogP contribution < -0.4 is 0 Å². The van der Waals surface area contributed by atoms with Crippen molar-refractivity contribution < 1.29 is 14.3 Å². The van der Waals surface area contributed by atoms with Crippen LogP contribution in [0.3, 0.4) is 0 Å². The first-order valence-electron chi connectivity index (χ1n) is 23.0. The molecule has 2 atom stereocenters. The molecule has 304 valence electrons. The molecular formula is C46H92N2O3. The summed E-state index contributed by atoms with van der Waals surface area (Å²) in [5.74, 6) is 0.924. The van der Waals surface area contributed by atoms with E-state index in [2.05, 4.69) is 51.6 Å². The van der Waals surface area contributed by atoms with Crippen LogP contribution >= 0.6 is 0 Å². The number of amides is 1. The lowest BCUT2D eigenvalue weighted by molar-refractivity contribution is -0.145. The molecule has 0 bridgehead atoms. The highest BCUT2D eigenvalue weighted by Crippen LogP contribution is 2.22. The average Bonchev–Trinajstić information content (AvgIpc) is 3.12. The third-order valence-corrected chi connectivity index (χ3v) is 11.0. The first kappa shape index (κ1) is 49.9. The zero-order valence-corrected chi connectivity index (χ0v) is 35.7. The van der Waals surface area contributed by atoms with E-state index in [0.29, 0.717) is 37.3 Å². The SMILES string of the molecule is CCCCCCCCCCN(C(=O)CCN(C)C)C(CCCCCCCCC)CCCCCCCCC(=O)OCC(CCCC)CCCCCC. The smallest absolute Gasteiger partial charge is 0.305 e. The van der Waals surface area contributed by atoms with Gasteiger partial charge in [-0.25, -0.2) is 0 Å². The van der Waals surface area contributed by atoms with Gasteiger partial charge < -0.3 is 14.5 Å². The number of carbonyl (C=O) groups is 2. The standard InChI is InChI=1S/C46H92N2O3/c1-7-11-15-18-20-24-28-33-40-48(45(49)39-41-47(5)6)44(36-30-25-21-19-16-12-8-2)37-31-26-22-23-27-32-38-46(50)51-42-43(34-14-10-4)35-29-17-13-9-3/h43-44H,7-42H2,1-6H3. The number of carbonyl (C=O) groups excluding carboxylic acids is 2. The summed E-state index contributed by atoms with van der Waals surface area (Å²) < 4.78 is 5.75. The second-order valence-corrected chi connectivity index (χ2v) is 16.4. The van der Waals surface area contributed by atoms with Crippen LogP contribution in [0.2, 0.25) is 0 Å². The molecule has 2 unspecified atom stereocenters. The maximum absolute atomic E-state index is 13.7. The molecule has 0 aromatic rings. The van der Waals surface area contributed by atoms with E-state index in [1.165, 1.54) is 173 Å². The van der Waals surface area contributed by atoms with E-state index in [9.17, 15) is 9.59 Å². The summed E-state index contributed by atoms with van der Waals surface area (Å²) in [6.07, 6.45) is 40.2. The fraction of sp³-hybridized carbons (Fsp3) is 0.957. The fourth-order valence-electron chi connectivity index (χ4n) is 7.49. The van der Waals surface area contributed by atoms with E-state index in [0.717, 1.165) is 38.8 Å². The van der Waals surface area contributed by atoms with Gasteiger partial charge in [-0.3, -0.25) is 9.59 Å². The lowest BCUT2D eigenvalue weighted by atomic mass is 9.96. The predicted octanol–water partition coefficient (Wildman–Crippen LogP) is 13.9. The van der Waals surface area contributed by atoms with E-state index >= 15 is 0 Å². The number of unbranched alkanes of at least 4 members (excludes halogenated alkanes) is 22. The molecule has 0 aliphatic carbocycles. The third kappa shape index (κ3) is 33.2. The fourth-order valence-corrected chi connectivity index (χ4v) is 7.49. The Kier molecular flexibility index (Phi) is 37.8. The summed E-state index contributed by atoms with van der Waals surface area (Å²) in [7, 11) is 4.16. The van der Waals surface area contributed by atoms with Crippen molar-refractivity contribution >= 4 is 11.9 Å².